The standard InChI is InChI=1S/C13H10N4O2/c18-12-6-11(16-9-4-2-1-3-5-9)10-7-14-8-15-13(10)17(12)19/h1-8,16,19H. The van der Waals surface area contributed by atoms with Gasteiger partial charge < -0.3 is 10.5 Å². The molecule has 94 valence electrons. The molecule has 0 aliphatic heterocycles. The first-order chi connectivity index (χ1) is 9.25. The van der Waals surface area contributed by atoms with Crippen LogP contribution in [0.4, 0.5) is 11.4 Å². The number of fused-ring (bicyclic) bond motifs is 1. The molecule has 6 nitrogen and oxygen atoms in total. The maximum absolute atomic E-state index is 11.7. The summed E-state index contributed by atoms with van der Waals surface area (Å²) in [6.07, 6.45) is 2.82. The van der Waals surface area contributed by atoms with E-state index in [2.05, 4.69) is 15.3 Å². The van der Waals surface area contributed by atoms with Gasteiger partial charge in [-0.05, 0) is 12.1 Å². The molecule has 0 spiro atoms. The molecule has 19 heavy (non-hydrogen) atoms. The van der Waals surface area contributed by atoms with E-state index in [9.17, 15) is 10.0 Å². The van der Waals surface area contributed by atoms with Gasteiger partial charge in [0.1, 0.15) is 6.33 Å². The van der Waals surface area contributed by atoms with Gasteiger partial charge in [-0.15, -0.1) is 4.73 Å². The predicted octanol–water partition coefficient (Wildman–Crippen LogP) is 1.77. The summed E-state index contributed by atoms with van der Waals surface area (Å²) in [7, 11) is 0. The summed E-state index contributed by atoms with van der Waals surface area (Å²) in [6, 6.07) is 10.7. The maximum atomic E-state index is 11.7. The third-order valence-corrected chi connectivity index (χ3v) is 2.71. The molecule has 0 saturated heterocycles. The minimum absolute atomic E-state index is 0.168. The van der Waals surface area contributed by atoms with Gasteiger partial charge in [0.15, 0.2) is 5.65 Å². The van der Waals surface area contributed by atoms with Crippen molar-refractivity contribution < 1.29 is 5.21 Å². The van der Waals surface area contributed by atoms with Gasteiger partial charge in [0.25, 0.3) is 5.56 Å². The topological polar surface area (TPSA) is 80.0 Å². The van der Waals surface area contributed by atoms with Crippen LogP contribution in [-0.2, 0) is 0 Å². The largest absolute Gasteiger partial charge is 0.423 e. The Balaban J connectivity index is 2.19. The fraction of sp³-hybridized carbons (Fsp3) is 0. The van der Waals surface area contributed by atoms with Crippen LogP contribution < -0.4 is 10.9 Å². The van der Waals surface area contributed by atoms with Crippen molar-refractivity contribution in [3.63, 3.8) is 0 Å². The quantitative estimate of drug-likeness (QED) is 0.681. The summed E-state index contributed by atoms with van der Waals surface area (Å²) >= 11 is 0. The molecule has 0 unspecified atom stereocenters. The molecule has 0 aliphatic carbocycles. The fourth-order valence-electron chi connectivity index (χ4n) is 1.83. The molecular formula is C13H10N4O2. The molecule has 3 rings (SSSR count). The third-order valence-electron chi connectivity index (χ3n) is 2.71. The number of nitrogens with one attached hydrogen (secondary N) is 1. The summed E-state index contributed by atoms with van der Waals surface area (Å²) in [5, 5.41) is 13.3. The van der Waals surface area contributed by atoms with Crippen LogP contribution >= 0.6 is 0 Å². The molecule has 0 aliphatic rings. The van der Waals surface area contributed by atoms with Crippen molar-refractivity contribution in [1.29, 1.82) is 0 Å². The Morgan fingerprint density at radius 1 is 1.21 bits per heavy atom. The highest BCUT2D eigenvalue weighted by Gasteiger charge is 2.09. The zero-order valence-corrected chi connectivity index (χ0v) is 9.82. The van der Waals surface area contributed by atoms with Crippen molar-refractivity contribution in [2.24, 2.45) is 0 Å². The van der Waals surface area contributed by atoms with Crippen LogP contribution in [0.25, 0.3) is 11.0 Å². The van der Waals surface area contributed by atoms with Crippen molar-refractivity contribution in [3.05, 3.63) is 59.3 Å². The molecule has 2 N–H and O–H groups in total. The molecular weight excluding hydrogens is 244 g/mol. The fourth-order valence-corrected chi connectivity index (χ4v) is 1.83. The molecule has 6 heteroatoms. The summed E-state index contributed by atoms with van der Waals surface area (Å²) < 4.78 is 0.507. The zero-order chi connectivity index (χ0) is 13.2. The monoisotopic (exact) mass is 254 g/mol. The molecule has 0 radical (unpaired) electrons. The Bertz CT molecular complexity index is 784. The average molecular weight is 254 g/mol. The predicted molar refractivity (Wildman–Crippen MR) is 70.7 cm³/mol. The van der Waals surface area contributed by atoms with Crippen LogP contribution in [-0.4, -0.2) is 19.9 Å². The first-order valence-electron chi connectivity index (χ1n) is 5.63. The molecule has 0 fully saturated rings. The Morgan fingerprint density at radius 3 is 2.79 bits per heavy atom. The number of anilines is 2. The molecule has 0 atom stereocenters. The van der Waals surface area contributed by atoms with Crippen LogP contribution in [0.5, 0.6) is 0 Å². The minimum Gasteiger partial charge on any atom is -0.423 e. The number of hydrogen-bond acceptors (Lipinski definition) is 5. The van der Waals surface area contributed by atoms with Crippen LogP contribution in [0.3, 0.4) is 0 Å². The Hall–Kier alpha value is -2.89. The second kappa shape index (κ2) is 4.41. The van der Waals surface area contributed by atoms with E-state index >= 15 is 0 Å². The molecule has 3 aromatic rings. The first kappa shape index (κ1) is 11.2. The van der Waals surface area contributed by atoms with Crippen molar-refractivity contribution in [2.45, 2.75) is 0 Å². The Morgan fingerprint density at radius 2 is 2.00 bits per heavy atom. The number of pyridine rings is 1. The van der Waals surface area contributed by atoms with Gasteiger partial charge in [0.05, 0.1) is 11.1 Å². The second-order valence-corrected chi connectivity index (χ2v) is 3.96. The molecule has 0 saturated carbocycles. The van der Waals surface area contributed by atoms with Crippen molar-refractivity contribution in [3.8, 4) is 0 Å². The Labute approximate surface area is 107 Å². The molecule has 2 aromatic heterocycles. The summed E-state index contributed by atoms with van der Waals surface area (Å²) in [5.74, 6) is 0. The molecule has 0 bridgehead atoms. The summed E-state index contributed by atoms with van der Waals surface area (Å²) in [6.45, 7) is 0. The number of rotatable bonds is 2. The van der Waals surface area contributed by atoms with E-state index in [4.69, 9.17) is 0 Å². The van der Waals surface area contributed by atoms with Crippen molar-refractivity contribution in [1.82, 2.24) is 14.7 Å². The summed E-state index contributed by atoms with van der Waals surface area (Å²) in [5.41, 5.74) is 1.01. The average Bonchev–Trinajstić information content (AvgIpc) is 2.46. The zero-order valence-electron chi connectivity index (χ0n) is 9.82. The smallest absolute Gasteiger partial charge is 0.286 e. The van der Waals surface area contributed by atoms with Crippen LogP contribution in [0.2, 0.25) is 0 Å². The molecule has 0 amide bonds. The van der Waals surface area contributed by atoms with Gasteiger partial charge in [-0.25, -0.2) is 9.97 Å². The van der Waals surface area contributed by atoms with E-state index in [1.165, 1.54) is 12.4 Å². The van der Waals surface area contributed by atoms with Crippen LogP contribution in [0.15, 0.2) is 53.7 Å². The SMILES string of the molecule is O=c1cc(Nc2ccccc2)c2cncnc2n1O. The Kier molecular flexibility index (Phi) is 2.60. The van der Waals surface area contributed by atoms with Gasteiger partial charge in [-0.3, -0.25) is 4.79 Å². The van der Waals surface area contributed by atoms with E-state index in [0.717, 1.165) is 5.69 Å². The first-order valence-corrected chi connectivity index (χ1v) is 5.63. The van der Waals surface area contributed by atoms with Gasteiger partial charge >= 0.3 is 0 Å². The van der Waals surface area contributed by atoms with E-state index < -0.39 is 5.56 Å². The maximum Gasteiger partial charge on any atom is 0.286 e. The number of nitrogens with zero attached hydrogens (tertiary/aromatic N) is 3. The molecule has 2 heterocycles. The number of para-hydroxylation sites is 1. The lowest BCUT2D eigenvalue weighted by Crippen LogP contribution is -2.18. The lowest BCUT2D eigenvalue weighted by atomic mass is 10.2. The van der Waals surface area contributed by atoms with E-state index in [1.54, 1.807) is 6.20 Å². The van der Waals surface area contributed by atoms with E-state index in [-0.39, 0.29) is 5.65 Å². The lowest BCUT2D eigenvalue weighted by Gasteiger charge is -2.09. The lowest BCUT2D eigenvalue weighted by molar-refractivity contribution is 0.186. The van der Waals surface area contributed by atoms with E-state index in [1.807, 2.05) is 30.3 Å². The minimum atomic E-state index is -0.551. The highest BCUT2D eigenvalue weighted by Crippen LogP contribution is 2.22. The van der Waals surface area contributed by atoms with Crippen molar-refractivity contribution >= 4 is 22.4 Å². The van der Waals surface area contributed by atoms with Crippen LogP contribution in [0.1, 0.15) is 0 Å². The van der Waals surface area contributed by atoms with Gasteiger partial charge in [0, 0.05) is 18.0 Å². The number of hydrogen-bond donors (Lipinski definition) is 2. The highest BCUT2D eigenvalue weighted by molar-refractivity contribution is 5.90. The van der Waals surface area contributed by atoms with Crippen LogP contribution in [0, 0.1) is 0 Å². The highest BCUT2D eigenvalue weighted by atomic mass is 16.5. The number of benzene rings is 1. The van der Waals surface area contributed by atoms with Gasteiger partial charge in [-0.1, -0.05) is 18.2 Å². The van der Waals surface area contributed by atoms with Gasteiger partial charge in [0.2, 0.25) is 0 Å². The number of aromatic nitrogens is 3. The second-order valence-electron chi connectivity index (χ2n) is 3.96. The van der Waals surface area contributed by atoms with Gasteiger partial charge in [-0.2, -0.15) is 0 Å². The normalized spacial score (nSPS) is 10.5. The van der Waals surface area contributed by atoms with E-state index in [0.29, 0.717) is 15.8 Å². The molecule has 1 aromatic carbocycles. The van der Waals surface area contributed by atoms with Crippen molar-refractivity contribution in [2.75, 3.05) is 5.32 Å². The summed E-state index contributed by atoms with van der Waals surface area (Å²) in [4.78, 5) is 19.5. The third kappa shape index (κ3) is 1.99.